The fraction of sp³-hybridized carbons (Fsp3) is 0.818. The molecule has 0 bridgehead atoms. The lowest BCUT2D eigenvalue weighted by Crippen LogP contribution is -2.32. The van der Waals surface area contributed by atoms with Gasteiger partial charge >= 0.3 is 12.4 Å². The molecule has 0 aliphatic carbocycles. The maximum atomic E-state index is 10.8. The van der Waals surface area contributed by atoms with Crippen molar-refractivity contribution >= 4 is 32.2 Å². The van der Waals surface area contributed by atoms with Crippen LogP contribution in [0.1, 0.15) is 82.6 Å². The molecule has 0 spiro atoms. The SMILES string of the molecule is C.CC(=O)C(F)(F)F.CC(C)(C)[Si](C)(C)C.CC(C)=O.CC=O.CCCC.O=CC(F)(F)F. The van der Waals surface area contributed by atoms with Gasteiger partial charge in [0.15, 0.2) is 0 Å². The Balaban J connectivity index is -0.0000000504. The first-order valence-corrected chi connectivity index (χ1v) is 13.3. The average Bonchev–Trinajstić information content (AvgIpc) is 2.53. The van der Waals surface area contributed by atoms with Gasteiger partial charge in [0.2, 0.25) is 12.1 Å². The van der Waals surface area contributed by atoms with Crippen molar-refractivity contribution in [3.8, 4) is 0 Å². The van der Waals surface area contributed by atoms with E-state index in [2.05, 4.69) is 54.3 Å². The number of ketones is 2. The van der Waals surface area contributed by atoms with Crippen LogP contribution < -0.4 is 0 Å². The van der Waals surface area contributed by atoms with Gasteiger partial charge in [-0.1, -0.05) is 74.5 Å². The Morgan fingerprint density at radius 2 is 0.909 bits per heavy atom. The average molecular weight is 517 g/mol. The molecule has 33 heavy (non-hydrogen) atoms. The van der Waals surface area contributed by atoms with Crippen molar-refractivity contribution in [3.63, 3.8) is 0 Å². The number of unbranched alkanes of at least 4 members (excludes halogenated alkanes) is 1. The first-order valence-electron chi connectivity index (χ1n) is 9.79. The summed E-state index contributed by atoms with van der Waals surface area (Å²) in [5, 5.41) is 0.576. The molecule has 0 heterocycles. The molecule has 11 heteroatoms. The van der Waals surface area contributed by atoms with Crippen LogP contribution in [0.4, 0.5) is 26.3 Å². The third-order valence-corrected chi connectivity index (χ3v) is 7.78. The number of rotatable bonds is 1. The summed E-state index contributed by atoms with van der Waals surface area (Å²) in [6.07, 6.45) is -6.95. The van der Waals surface area contributed by atoms with Crippen LogP contribution in [-0.4, -0.2) is 44.6 Å². The molecule has 0 aromatic rings. The molecule has 0 aliphatic heterocycles. The first kappa shape index (κ1) is 48.8. The molecule has 0 fully saturated rings. The molecule has 0 saturated carbocycles. The van der Waals surface area contributed by atoms with Gasteiger partial charge in [0.05, 0.1) is 0 Å². The monoisotopic (exact) mass is 516 g/mol. The zero-order valence-electron chi connectivity index (χ0n) is 21.5. The minimum atomic E-state index is -4.64. The van der Waals surface area contributed by atoms with Crippen LogP contribution in [0.3, 0.4) is 0 Å². The highest BCUT2D eigenvalue weighted by Gasteiger charge is 2.33. The van der Waals surface area contributed by atoms with Crippen molar-refractivity contribution in [2.75, 3.05) is 0 Å². The van der Waals surface area contributed by atoms with Crippen molar-refractivity contribution in [2.24, 2.45) is 0 Å². The van der Waals surface area contributed by atoms with Gasteiger partial charge < -0.3 is 9.59 Å². The van der Waals surface area contributed by atoms with Crippen LogP contribution in [0.15, 0.2) is 0 Å². The third-order valence-electron chi connectivity index (χ3n) is 3.28. The lowest BCUT2D eigenvalue weighted by Gasteiger charge is -2.32. The van der Waals surface area contributed by atoms with E-state index in [0.29, 0.717) is 12.0 Å². The summed E-state index contributed by atoms with van der Waals surface area (Å²) < 4.78 is 63.7. The van der Waals surface area contributed by atoms with Gasteiger partial charge in [0, 0.05) is 15.0 Å². The van der Waals surface area contributed by atoms with Gasteiger partial charge in [-0.05, 0) is 25.8 Å². The second-order valence-corrected chi connectivity index (χ2v) is 14.4. The van der Waals surface area contributed by atoms with E-state index in [-0.39, 0.29) is 13.2 Å². The van der Waals surface area contributed by atoms with Gasteiger partial charge in [-0.3, -0.25) is 9.59 Å². The number of hydrogen-bond donors (Lipinski definition) is 0. The molecule has 0 N–H and O–H groups in total. The number of aldehydes is 2. The highest BCUT2D eigenvalue weighted by Crippen LogP contribution is 2.35. The molecule has 0 saturated heterocycles. The molecule has 0 amide bonds. The Hall–Kier alpha value is -1.52. The Kier molecular flexibility index (Phi) is 37.1. The molecular weight excluding hydrogens is 470 g/mol. The Morgan fingerprint density at radius 3 is 0.909 bits per heavy atom. The van der Waals surface area contributed by atoms with Crippen LogP contribution in [-0.2, 0) is 19.2 Å². The molecule has 0 aromatic heterocycles. The van der Waals surface area contributed by atoms with Crippen molar-refractivity contribution in [1.82, 2.24) is 0 Å². The van der Waals surface area contributed by atoms with Crippen LogP contribution in [0.5, 0.6) is 0 Å². The van der Waals surface area contributed by atoms with Crippen molar-refractivity contribution < 1.29 is 45.5 Å². The molecular formula is C22H46F6O4Si. The largest absolute Gasteiger partial charge is 0.449 e. The summed E-state index contributed by atoms with van der Waals surface area (Å²) in [5.41, 5.74) is 0. The van der Waals surface area contributed by atoms with Crippen LogP contribution >= 0.6 is 0 Å². The molecule has 0 radical (unpaired) electrons. The predicted molar refractivity (Wildman–Crippen MR) is 127 cm³/mol. The fourth-order valence-electron chi connectivity index (χ4n) is 0. The van der Waals surface area contributed by atoms with E-state index in [1.54, 1.807) is 0 Å². The topological polar surface area (TPSA) is 68.3 Å². The number of halogens is 6. The normalized spacial score (nSPS) is 10.0. The number of Topliss-reactive ketones (excluding diaryl/α,β-unsaturated/α-hetero) is 2. The number of hydrogen-bond acceptors (Lipinski definition) is 4. The summed E-state index contributed by atoms with van der Waals surface area (Å²) in [5.74, 6) is -1.59. The van der Waals surface area contributed by atoms with E-state index >= 15 is 0 Å². The maximum absolute atomic E-state index is 10.8. The van der Waals surface area contributed by atoms with Gasteiger partial charge in [-0.2, -0.15) is 26.3 Å². The molecule has 204 valence electrons. The number of carbonyl (C=O) groups is 4. The second kappa shape index (κ2) is 25.1. The van der Waals surface area contributed by atoms with Gasteiger partial charge in [0.1, 0.15) is 12.1 Å². The highest BCUT2D eigenvalue weighted by molar-refractivity contribution is 6.78. The van der Waals surface area contributed by atoms with Gasteiger partial charge in [-0.15, -0.1) is 0 Å². The summed E-state index contributed by atoms with van der Waals surface area (Å²) in [4.78, 5) is 36.3. The highest BCUT2D eigenvalue weighted by atomic mass is 28.3. The fourth-order valence-corrected chi connectivity index (χ4v) is 0. The molecule has 4 nitrogen and oxygen atoms in total. The lowest BCUT2D eigenvalue weighted by molar-refractivity contribution is -0.168. The van der Waals surface area contributed by atoms with Gasteiger partial charge in [0.25, 0.3) is 0 Å². The van der Waals surface area contributed by atoms with Crippen molar-refractivity contribution in [1.29, 1.82) is 0 Å². The maximum Gasteiger partial charge on any atom is 0.449 e. The van der Waals surface area contributed by atoms with E-state index in [1.165, 1.54) is 33.6 Å². The predicted octanol–water partition coefficient (Wildman–Crippen LogP) is 8.25. The quantitative estimate of drug-likeness (QED) is 0.200. The lowest BCUT2D eigenvalue weighted by atomic mass is 10.2. The van der Waals surface area contributed by atoms with Crippen LogP contribution in [0, 0.1) is 0 Å². The Bertz CT molecular complexity index is 457. The summed E-state index contributed by atoms with van der Waals surface area (Å²) in [7, 11) is -0.859. The number of carbonyl (C=O) groups excluding carboxylic acids is 4. The second-order valence-electron chi connectivity index (χ2n) is 8.36. The molecule has 0 atom stereocenters. The van der Waals surface area contributed by atoms with E-state index in [0.717, 1.165) is 6.29 Å². The van der Waals surface area contributed by atoms with E-state index < -0.39 is 32.5 Å². The minimum Gasteiger partial charge on any atom is -0.304 e. The minimum absolute atomic E-state index is 0. The molecule has 0 rings (SSSR count). The van der Waals surface area contributed by atoms with Gasteiger partial charge in [-0.25, -0.2) is 0 Å². The van der Waals surface area contributed by atoms with Crippen molar-refractivity contribution in [2.45, 2.75) is 120 Å². The zero-order valence-corrected chi connectivity index (χ0v) is 22.5. The number of alkyl halides is 6. The van der Waals surface area contributed by atoms with Crippen molar-refractivity contribution in [3.05, 3.63) is 0 Å². The summed E-state index contributed by atoms with van der Waals surface area (Å²) in [6, 6.07) is 0. The van der Waals surface area contributed by atoms with E-state index in [1.807, 2.05) is 0 Å². The smallest absolute Gasteiger partial charge is 0.304 e. The summed E-state index contributed by atoms with van der Waals surface area (Å²) >= 11 is 0. The van der Waals surface area contributed by atoms with Crippen LogP contribution in [0.2, 0.25) is 24.7 Å². The first-order chi connectivity index (χ1) is 13.8. The molecule has 0 aliphatic rings. The Labute approximate surface area is 197 Å². The zero-order chi connectivity index (χ0) is 28.0. The summed E-state index contributed by atoms with van der Waals surface area (Å²) in [6.45, 7) is 23.6. The third kappa shape index (κ3) is 80.9. The molecule has 0 unspecified atom stereocenters. The van der Waals surface area contributed by atoms with E-state index in [4.69, 9.17) is 9.59 Å². The van der Waals surface area contributed by atoms with Crippen LogP contribution in [0.25, 0.3) is 0 Å². The Morgan fingerprint density at radius 1 is 0.788 bits per heavy atom. The molecule has 0 aromatic carbocycles. The standard InChI is InChI=1S/C7H18Si.C4H10.C3H3F3O.C3H6O.C2HF3O.C2H4O.CH4/c1-7(2,3)8(4,5)6;1-3-4-2;1-2(7)3(4,5)6;1-3(2)4;3-2(4,5)1-6;1-2-3;/h1-6H3;3-4H2,1-2H3;1H3;1-2H3;1H;2H,1H3;1H4. The van der Waals surface area contributed by atoms with E-state index in [9.17, 15) is 35.9 Å².